The molecular formula is C15H23NO2. The Labute approximate surface area is 110 Å². The van der Waals surface area contributed by atoms with Gasteiger partial charge in [0.1, 0.15) is 5.75 Å². The van der Waals surface area contributed by atoms with Crippen molar-refractivity contribution in [2.45, 2.75) is 32.9 Å². The van der Waals surface area contributed by atoms with E-state index >= 15 is 0 Å². The fraction of sp³-hybridized carbons (Fsp3) is 0.467. The topological polar surface area (TPSA) is 32.7 Å². The van der Waals surface area contributed by atoms with Crippen LogP contribution in [0.25, 0.3) is 0 Å². The molecule has 0 saturated heterocycles. The van der Waals surface area contributed by atoms with Crippen molar-refractivity contribution in [2.75, 3.05) is 18.6 Å². The van der Waals surface area contributed by atoms with E-state index in [1.807, 2.05) is 24.3 Å². The summed E-state index contributed by atoms with van der Waals surface area (Å²) in [5.74, 6) is 0.720. The summed E-state index contributed by atoms with van der Waals surface area (Å²) >= 11 is 0. The second-order valence-electron chi connectivity index (χ2n) is 4.60. The molecule has 0 radical (unpaired) electrons. The molecule has 1 aromatic carbocycles. The molecule has 0 aliphatic heterocycles. The molecule has 0 heterocycles. The molecule has 0 aromatic heterocycles. The zero-order valence-corrected chi connectivity index (χ0v) is 11.7. The Bertz CT molecular complexity index is 399. The molecule has 100 valence electrons. The van der Waals surface area contributed by atoms with Gasteiger partial charge in [0, 0.05) is 23.8 Å². The molecule has 0 spiro atoms. The Morgan fingerprint density at radius 1 is 1.39 bits per heavy atom. The molecule has 1 atom stereocenters. The minimum atomic E-state index is -0.567. The van der Waals surface area contributed by atoms with E-state index < -0.39 is 6.10 Å². The van der Waals surface area contributed by atoms with E-state index in [-0.39, 0.29) is 0 Å². The average molecular weight is 249 g/mol. The van der Waals surface area contributed by atoms with Crippen LogP contribution in [0.1, 0.15) is 32.4 Å². The van der Waals surface area contributed by atoms with Crippen molar-refractivity contribution in [1.29, 1.82) is 0 Å². The molecule has 0 bridgehead atoms. The van der Waals surface area contributed by atoms with E-state index in [0.717, 1.165) is 23.5 Å². The van der Waals surface area contributed by atoms with Crippen molar-refractivity contribution in [2.24, 2.45) is 0 Å². The van der Waals surface area contributed by atoms with Gasteiger partial charge in [-0.1, -0.05) is 12.1 Å². The lowest BCUT2D eigenvalue weighted by Crippen LogP contribution is -2.32. The van der Waals surface area contributed by atoms with Crippen LogP contribution in [-0.4, -0.2) is 24.8 Å². The summed E-state index contributed by atoms with van der Waals surface area (Å²) in [6.45, 7) is 10.5. The van der Waals surface area contributed by atoms with Gasteiger partial charge in [0.05, 0.1) is 13.2 Å². The molecule has 0 amide bonds. The predicted octanol–water partition coefficient (Wildman–Crippen LogP) is 3.15. The smallest absolute Gasteiger partial charge is 0.126 e. The Balaban J connectivity index is 3.32. The maximum Gasteiger partial charge on any atom is 0.126 e. The normalized spacial score (nSPS) is 12.3. The van der Waals surface area contributed by atoms with Crippen molar-refractivity contribution < 1.29 is 9.84 Å². The summed E-state index contributed by atoms with van der Waals surface area (Å²) in [4.78, 5) is 2.19. The van der Waals surface area contributed by atoms with E-state index in [1.54, 1.807) is 14.0 Å². The maximum atomic E-state index is 9.98. The van der Waals surface area contributed by atoms with Crippen molar-refractivity contribution in [1.82, 2.24) is 0 Å². The maximum absolute atomic E-state index is 9.98. The molecule has 3 nitrogen and oxygen atoms in total. The minimum Gasteiger partial charge on any atom is -0.496 e. The highest BCUT2D eigenvalue weighted by Gasteiger charge is 2.19. The van der Waals surface area contributed by atoms with Crippen molar-refractivity contribution >= 4 is 5.69 Å². The van der Waals surface area contributed by atoms with Crippen LogP contribution in [-0.2, 0) is 0 Å². The van der Waals surface area contributed by atoms with E-state index in [0.29, 0.717) is 6.04 Å². The Morgan fingerprint density at radius 3 is 2.50 bits per heavy atom. The molecule has 18 heavy (non-hydrogen) atoms. The first-order chi connectivity index (χ1) is 8.52. The number of hydrogen-bond acceptors (Lipinski definition) is 3. The monoisotopic (exact) mass is 249 g/mol. The van der Waals surface area contributed by atoms with Gasteiger partial charge < -0.3 is 14.7 Å². The SMILES string of the molecule is C=CCN(c1cccc(OC)c1C(C)O)C(C)C. The minimum absolute atomic E-state index is 0.326. The van der Waals surface area contributed by atoms with Crippen LogP contribution in [0.15, 0.2) is 30.9 Å². The van der Waals surface area contributed by atoms with Crippen LogP contribution >= 0.6 is 0 Å². The van der Waals surface area contributed by atoms with Crippen molar-refractivity contribution in [3.8, 4) is 5.75 Å². The molecule has 0 saturated carbocycles. The quantitative estimate of drug-likeness (QED) is 0.786. The molecule has 3 heteroatoms. The molecular weight excluding hydrogens is 226 g/mol. The van der Waals surface area contributed by atoms with Gasteiger partial charge in [-0.2, -0.15) is 0 Å². The van der Waals surface area contributed by atoms with Crippen LogP contribution in [0.2, 0.25) is 0 Å². The number of hydrogen-bond donors (Lipinski definition) is 1. The molecule has 1 unspecified atom stereocenters. The largest absolute Gasteiger partial charge is 0.496 e. The van der Waals surface area contributed by atoms with E-state index in [1.165, 1.54) is 0 Å². The first-order valence-electron chi connectivity index (χ1n) is 6.25. The fourth-order valence-electron chi connectivity index (χ4n) is 2.11. The van der Waals surface area contributed by atoms with E-state index in [2.05, 4.69) is 25.3 Å². The van der Waals surface area contributed by atoms with Gasteiger partial charge in [-0.15, -0.1) is 6.58 Å². The lowest BCUT2D eigenvalue weighted by molar-refractivity contribution is 0.194. The number of aliphatic hydroxyl groups excluding tert-OH is 1. The lowest BCUT2D eigenvalue weighted by Gasteiger charge is -2.31. The fourth-order valence-corrected chi connectivity index (χ4v) is 2.11. The third-order valence-electron chi connectivity index (χ3n) is 2.94. The molecule has 1 rings (SSSR count). The summed E-state index contributed by atoms with van der Waals surface area (Å²) in [5.41, 5.74) is 1.83. The summed E-state index contributed by atoms with van der Waals surface area (Å²) < 4.78 is 5.34. The van der Waals surface area contributed by atoms with Gasteiger partial charge in [-0.3, -0.25) is 0 Å². The number of benzene rings is 1. The van der Waals surface area contributed by atoms with Crippen LogP contribution in [0, 0.1) is 0 Å². The van der Waals surface area contributed by atoms with E-state index in [9.17, 15) is 5.11 Å². The third kappa shape index (κ3) is 3.05. The van der Waals surface area contributed by atoms with Gasteiger partial charge >= 0.3 is 0 Å². The number of aliphatic hydroxyl groups is 1. The molecule has 0 fully saturated rings. The highest BCUT2D eigenvalue weighted by Crippen LogP contribution is 2.35. The highest BCUT2D eigenvalue weighted by atomic mass is 16.5. The zero-order chi connectivity index (χ0) is 13.7. The molecule has 1 aromatic rings. The first kappa shape index (κ1) is 14.6. The molecule has 0 aliphatic rings. The summed E-state index contributed by atoms with van der Waals surface area (Å²) in [6, 6.07) is 6.15. The summed E-state index contributed by atoms with van der Waals surface area (Å²) in [5, 5.41) is 9.98. The second kappa shape index (κ2) is 6.45. The molecule has 0 aliphatic carbocycles. The predicted molar refractivity (Wildman–Crippen MR) is 76.3 cm³/mol. The van der Waals surface area contributed by atoms with Crippen molar-refractivity contribution in [3.05, 3.63) is 36.4 Å². The second-order valence-corrected chi connectivity index (χ2v) is 4.60. The van der Waals surface area contributed by atoms with Gasteiger partial charge in [0.15, 0.2) is 0 Å². The van der Waals surface area contributed by atoms with Gasteiger partial charge in [0.25, 0.3) is 0 Å². The Hall–Kier alpha value is -1.48. The zero-order valence-electron chi connectivity index (χ0n) is 11.7. The summed E-state index contributed by atoms with van der Waals surface area (Å²) in [7, 11) is 1.62. The number of methoxy groups -OCH3 is 1. The van der Waals surface area contributed by atoms with Gasteiger partial charge in [0.2, 0.25) is 0 Å². The van der Waals surface area contributed by atoms with Crippen LogP contribution in [0.4, 0.5) is 5.69 Å². The van der Waals surface area contributed by atoms with Crippen LogP contribution in [0.3, 0.4) is 0 Å². The number of ether oxygens (including phenoxy) is 1. The first-order valence-corrected chi connectivity index (χ1v) is 6.25. The Kier molecular flexibility index (Phi) is 5.23. The summed E-state index contributed by atoms with van der Waals surface area (Å²) in [6.07, 6.45) is 1.30. The van der Waals surface area contributed by atoms with Crippen LogP contribution in [0.5, 0.6) is 5.75 Å². The average Bonchev–Trinajstić information content (AvgIpc) is 2.34. The van der Waals surface area contributed by atoms with Crippen molar-refractivity contribution in [3.63, 3.8) is 0 Å². The number of nitrogens with zero attached hydrogens (tertiary/aromatic N) is 1. The highest BCUT2D eigenvalue weighted by molar-refractivity contribution is 5.61. The standard InChI is InChI=1S/C15H23NO2/c1-6-10-16(11(2)3)13-8-7-9-14(18-5)15(13)12(4)17/h6-9,11-12,17H,1,10H2,2-5H3. The van der Waals surface area contributed by atoms with E-state index in [4.69, 9.17) is 4.74 Å². The lowest BCUT2D eigenvalue weighted by atomic mass is 10.0. The number of rotatable bonds is 6. The Morgan fingerprint density at radius 2 is 2.06 bits per heavy atom. The number of anilines is 1. The van der Waals surface area contributed by atoms with Gasteiger partial charge in [-0.05, 0) is 32.9 Å². The third-order valence-corrected chi connectivity index (χ3v) is 2.94. The molecule has 1 N–H and O–H groups in total. The van der Waals surface area contributed by atoms with Crippen LogP contribution < -0.4 is 9.64 Å². The van der Waals surface area contributed by atoms with Gasteiger partial charge in [-0.25, -0.2) is 0 Å².